The van der Waals surface area contributed by atoms with Crippen LogP contribution in [0.2, 0.25) is 0 Å². The van der Waals surface area contributed by atoms with Crippen LogP contribution in [0.15, 0.2) is 29.3 Å². The largest absolute Gasteiger partial charge is 0.387 e. The van der Waals surface area contributed by atoms with Gasteiger partial charge in [0.25, 0.3) is 5.91 Å². The van der Waals surface area contributed by atoms with Gasteiger partial charge in [-0.05, 0) is 6.07 Å². The van der Waals surface area contributed by atoms with Gasteiger partial charge in [0.2, 0.25) is 0 Å². The maximum Gasteiger partial charge on any atom is 0.276 e. The van der Waals surface area contributed by atoms with Gasteiger partial charge >= 0.3 is 0 Å². The SMILES string of the molecule is CC(C)NCC(O)C1=c2ccccc2=NC1=O. The molecule has 1 heterocycles. The molecular weight excluding hydrogens is 216 g/mol. The van der Waals surface area contributed by atoms with Gasteiger partial charge in [-0.1, -0.05) is 32.0 Å². The second-order valence-corrected chi connectivity index (χ2v) is 4.43. The van der Waals surface area contributed by atoms with Crippen LogP contribution in [0.3, 0.4) is 0 Å². The molecule has 1 amide bonds. The number of rotatable bonds is 4. The third-order valence-corrected chi connectivity index (χ3v) is 2.70. The van der Waals surface area contributed by atoms with Crippen LogP contribution in [0.5, 0.6) is 0 Å². The molecule has 1 aromatic rings. The monoisotopic (exact) mass is 232 g/mol. The molecule has 4 heteroatoms. The first-order chi connectivity index (χ1) is 8.09. The molecule has 2 rings (SSSR count). The van der Waals surface area contributed by atoms with Crippen LogP contribution in [0, 0.1) is 0 Å². The Balaban J connectivity index is 2.33. The Morgan fingerprint density at radius 1 is 1.35 bits per heavy atom. The molecule has 0 saturated heterocycles. The summed E-state index contributed by atoms with van der Waals surface area (Å²) in [7, 11) is 0. The van der Waals surface area contributed by atoms with Crippen LogP contribution in [0.1, 0.15) is 13.8 Å². The molecule has 0 aromatic heterocycles. The van der Waals surface area contributed by atoms with Gasteiger partial charge in [-0.2, -0.15) is 0 Å². The van der Waals surface area contributed by atoms with Crippen molar-refractivity contribution in [2.24, 2.45) is 4.99 Å². The molecule has 2 N–H and O–H groups in total. The molecule has 0 spiro atoms. The lowest BCUT2D eigenvalue weighted by Gasteiger charge is -2.13. The summed E-state index contributed by atoms with van der Waals surface area (Å²) in [6.45, 7) is 4.35. The van der Waals surface area contributed by atoms with Crippen molar-refractivity contribution in [3.8, 4) is 0 Å². The van der Waals surface area contributed by atoms with E-state index in [0.717, 1.165) is 5.22 Å². The molecule has 0 fully saturated rings. The molecule has 1 atom stereocenters. The molecular formula is C13H16N2O2. The van der Waals surface area contributed by atoms with E-state index in [0.29, 0.717) is 17.5 Å². The van der Waals surface area contributed by atoms with E-state index in [1.165, 1.54) is 0 Å². The smallest absolute Gasteiger partial charge is 0.276 e. The minimum atomic E-state index is -0.808. The number of hydrogen-bond donors (Lipinski definition) is 2. The maximum absolute atomic E-state index is 11.7. The zero-order valence-electron chi connectivity index (χ0n) is 9.97. The molecule has 1 unspecified atom stereocenters. The first-order valence-electron chi connectivity index (χ1n) is 5.73. The van der Waals surface area contributed by atoms with Crippen LogP contribution >= 0.6 is 0 Å². The molecule has 1 aliphatic rings. The maximum atomic E-state index is 11.7. The highest BCUT2D eigenvalue weighted by molar-refractivity contribution is 6.16. The fourth-order valence-electron chi connectivity index (χ4n) is 1.86. The number of benzene rings is 1. The van der Waals surface area contributed by atoms with E-state index in [4.69, 9.17) is 0 Å². The van der Waals surface area contributed by atoms with E-state index in [1.807, 2.05) is 32.0 Å². The minimum Gasteiger partial charge on any atom is -0.387 e. The van der Waals surface area contributed by atoms with E-state index in [2.05, 4.69) is 10.3 Å². The number of aliphatic hydroxyl groups excluding tert-OH is 1. The Morgan fingerprint density at radius 2 is 2.06 bits per heavy atom. The number of nitrogens with one attached hydrogen (secondary N) is 1. The number of hydrogen-bond acceptors (Lipinski definition) is 3. The van der Waals surface area contributed by atoms with E-state index >= 15 is 0 Å². The fourth-order valence-corrected chi connectivity index (χ4v) is 1.86. The van der Waals surface area contributed by atoms with E-state index < -0.39 is 6.10 Å². The van der Waals surface area contributed by atoms with Crippen molar-refractivity contribution >= 4 is 11.5 Å². The Morgan fingerprint density at radius 3 is 2.76 bits per heavy atom. The molecule has 1 aliphatic heterocycles. The summed E-state index contributed by atoms with van der Waals surface area (Å²) in [6.07, 6.45) is -0.808. The summed E-state index contributed by atoms with van der Waals surface area (Å²) < 4.78 is 0. The molecule has 0 bridgehead atoms. The normalized spacial score (nSPS) is 16.0. The molecule has 1 aromatic carbocycles. The first kappa shape index (κ1) is 12.0. The van der Waals surface area contributed by atoms with Crippen LogP contribution in [0.25, 0.3) is 5.57 Å². The Bertz CT molecular complexity index is 549. The number of nitrogens with zero attached hydrogens (tertiary/aromatic N) is 1. The summed E-state index contributed by atoms with van der Waals surface area (Å²) in [5, 5.41) is 14.5. The highest BCUT2D eigenvalue weighted by atomic mass is 16.3. The van der Waals surface area contributed by atoms with Crippen LogP contribution in [-0.4, -0.2) is 29.7 Å². The number of amides is 1. The van der Waals surface area contributed by atoms with Gasteiger partial charge in [-0.25, -0.2) is 4.99 Å². The van der Waals surface area contributed by atoms with Crippen molar-refractivity contribution in [2.75, 3.05) is 6.54 Å². The molecule has 0 aliphatic carbocycles. The van der Waals surface area contributed by atoms with Gasteiger partial charge in [0.15, 0.2) is 0 Å². The van der Waals surface area contributed by atoms with Crippen molar-refractivity contribution in [2.45, 2.75) is 26.0 Å². The lowest BCUT2D eigenvalue weighted by atomic mass is 10.1. The molecule has 90 valence electrons. The number of carbonyl (C=O) groups excluding carboxylic acids is 1. The summed E-state index contributed by atoms with van der Waals surface area (Å²) in [5.74, 6) is -0.329. The third kappa shape index (κ3) is 2.43. The molecule has 0 radical (unpaired) electrons. The van der Waals surface area contributed by atoms with Gasteiger partial charge in [0.05, 0.1) is 17.0 Å². The second-order valence-electron chi connectivity index (χ2n) is 4.43. The van der Waals surface area contributed by atoms with Crippen molar-refractivity contribution in [3.63, 3.8) is 0 Å². The average Bonchev–Trinajstić information content (AvgIpc) is 2.61. The van der Waals surface area contributed by atoms with E-state index in [1.54, 1.807) is 6.07 Å². The number of para-hydroxylation sites is 1. The summed E-state index contributed by atoms with van der Waals surface area (Å²) in [4.78, 5) is 15.6. The third-order valence-electron chi connectivity index (χ3n) is 2.70. The average molecular weight is 232 g/mol. The van der Waals surface area contributed by atoms with Gasteiger partial charge in [0, 0.05) is 17.8 Å². The van der Waals surface area contributed by atoms with Gasteiger partial charge in [-0.15, -0.1) is 0 Å². The second kappa shape index (κ2) is 4.77. The Hall–Kier alpha value is -1.52. The van der Waals surface area contributed by atoms with Gasteiger partial charge in [-0.3, -0.25) is 4.79 Å². The standard InChI is InChI=1S/C13H16N2O2/c1-8(2)14-7-11(16)12-9-5-3-4-6-10(9)15-13(12)17/h3-6,8,11,14,16H,7H2,1-2H3. The summed E-state index contributed by atoms with van der Waals surface area (Å²) in [6, 6.07) is 7.54. The number of aliphatic hydroxyl groups is 1. The Labute approximate surface area is 99.7 Å². The zero-order chi connectivity index (χ0) is 12.4. The van der Waals surface area contributed by atoms with Crippen LogP contribution < -0.4 is 15.9 Å². The van der Waals surface area contributed by atoms with E-state index in [9.17, 15) is 9.90 Å². The molecule has 4 nitrogen and oxygen atoms in total. The lowest BCUT2D eigenvalue weighted by molar-refractivity contribution is -0.113. The topological polar surface area (TPSA) is 61.7 Å². The van der Waals surface area contributed by atoms with Crippen molar-refractivity contribution < 1.29 is 9.90 Å². The van der Waals surface area contributed by atoms with Gasteiger partial charge in [0.1, 0.15) is 0 Å². The van der Waals surface area contributed by atoms with E-state index in [-0.39, 0.29) is 11.9 Å². The van der Waals surface area contributed by atoms with Crippen molar-refractivity contribution in [1.29, 1.82) is 0 Å². The van der Waals surface area contributed by atoms with Gasteiger partial charge < -0.3 is 10.4 Å². The Kier molecular flexibility index (Phi) is 3.36. The summed E-state index contributed by atoms with van der Waals surface area (Å²) in [5.41, 5.74) is 0.397. The minimum absolute atomic E-state index is 0.272. The van der Waals surface area contributed by atoms with Crippen LogP contribution in [0.4, 0.5) is 0 Å². The van der Waals surface area contributed by atoms with Crippen molar-refractivity contribution in [1.82, 2.24) is 5.32 Å². The molecule has 0 saturated carbocycles. The predicted molar refractivity (Wildman–Crippen MR) is 64.8 cm³/mol. The quantitative estimate of drug-likeness (QED) is 0.725. The predicted octanol–water partition coefficient (Wildman–Crippen LogP) is -0.644. The fraction of sp³-hybridized carbons (Fsp3) is 0.385. The summed E-state index contributed by atoms with van der Waals surface area (Å²) >= 11 is 0. The highest BCUT2D eigenvalue weighted by Gasteiger charge is 2.23. The van der Waals surface area contributed by atoms with Crippen molar-refractivity contribution in [3.05, 3.63) is 34.8 Å². The van der Waals surface area contributed by atoms with Crippen LogP contribution in [-0.2, 0) is 4.79 Å². The molecule has 17 heavy (non-hydrogen) atoms. The zero-order valence-corrected chi connectivity index (χ0v) is 9.97. The first-order valence-corrected chi connectivity index (χ1v) is 5.73. The highest BCUT2D eigenvalue weighted by Crippen LogP contribution is 2.06. The number of carbonyl (C=O) groups is 1. The lowest BCUT2D eigenvalue weighted by Crippen LogP contribution is -2.36. The number of fused-ring (bicyclic) bond motifs is 1.